The molecule has 1 aliphatic rings. The van der Waals surface area contributed by atoms with Crippen LogP contribution in [0.1, 0.15) is 23.1 Å². The van der Waals surface area contributed by atoms with Crippen LogP contribution in [0.4, 0.5) is 14.5 Å². The number of aryl methyl sites for hydroxylation is 1. The Hall–Kier alpha value is -1.94. The number of halogens is 2. The second-order valence-corrected chi connectivity index (χ2v) is 4.93. The predicted octanol–water partition coefficient (Wildman–Crippen LogP) is 2.73. The minimum Gasteiger partial charge on any atom is -0.399 e. The second-order valence-electron chi connectivity index (χ2n) is 4.93. The first-order chi connectivity index (χ1) is 8.99. The Morgan fingerprint density at radius 1 is 1.05 bits per heavy atom. The normalized spacial score (nSPS) is 21.4. The van der Waals surface area contributed by atoms with Crippen molar-refractivity contribution in [1.82, 2.24) is 0 Å². The van der Waals surface area contributed by atoms with Crippen molar-refractivity contribution >= 4 is 5.69 Å². The Bertz CT molecular complexity index is 636. The Morgan fingerprint density at radius 3 is 2.42 bits per heavy atom. The molecule has 0 aliphatic heterocycles. The molecule has 2 nitrogen and oxygen atoms in total. The molecule has 0 saturated carbocycles. The van der Waals surface area contributed by atoms with E-state index in [4.69, 9.17) is 5.73 Å². The summed E-state index contributed by atoms with van der Waals surface area (Å²) in [5.74, 6) is -1.38. The maximum atomic E-state index is 13.3. The molecule has 19 heavy (non-hydrogen) atoms. The van der Waals surface area contributed by atoms with Gasteiger partial charge in [0.15, 0.2) is 0 Å². The summed E-state index contributed by atoms with van der Waals surface area (Å²) >= 11 is 0. The quantitative estimate of drug-likeness (QED) is 0.775. The highest BCUT2D eigenvalue weighted by Crippen LogP contribution is 2.42. The fraction of sp³-hybridized carbons (Fsp3) is 0.200. The monoisotopic (exact) mass is 261 g/mol. The van der Waals surface area contributed by atoms with Gasteiger partial charge < -0.3 is 10.8 Å². The van der Waals surface area contributed by atoms with Crippen LogP contribution in [0.25, 0.3) is 0 Å². The van der Waals surface area contributed by atoms with Crippen LogP contribution in [-0.4, -0.2) is 5.11 Å². The molecule has 1 unspecified atom stereocenters. The Kier molecular flexibility index (Phi) is 2.57. The molecule has 0 saturated heterocycles. The van der Waals surface area contributed by atoms with Gasteiger partial charge >= 0.3 is 0 Å². The summed E-state index contributed by atoms with van der Waals surface area (Å²) in [6.45, 7) is 0. The van der Waals surface area contributed by atoms with E-state index in [9.17, 15) is 13.9 Å². The molecule has 1 aliphatic carbocycles. The molecule has 2 aromatic rings. The number of hydrogen-bond acceptors (Lipinski definition) is 2. The second kappa shape index (κ2) is 4.03. The first-order valence-corrected chi connectivity index (χ1v) is 6.07. The number of benzene rings is 2. The highest BCUT2D eigenvalue weighted by Gasteiger charge is 2.38. The number of fused-ring (bicyclic) bond motifs is 1. The van der Waals surface area contributed by atoms with Gasteiger partial charge in [0.05, 0.1) is 0 Å². The van der Waals surface area contributed by atoms with E-state index < -0.39 is 17.2 Å². The van der Waals surface area contributed by atoms with Crippen molar-refractivity contribution in [2.75, 3.05) is 5.73 Å². The fourth-order valence-electron chi connectivity index (χ4n) is 2.77. The standard InChI is InChI=1S/C15H13F2NO/c16-11-6-10(7-12(17)8-11)15(19)4-3-9-5-13(18)1-2-14(9)15/h1-2,5-8,19H,3-4,18H2. The number of anilines is 1. The highest BCUT2D eigenvalue weighted by molar-refractivity contribution is 5.52. The molecule has 0 aromatic heterocycles. The molecule has 0 radical (unpaired) electrons. The Balaban J connectivity index is 2.16. The highest BCUT2D eigenvalue weighted by atomic mass is 19.1. The Morgan fingerprint density at radius 2 is 1.74 bits per heavy atom. The first-order valence-electron chi connectivity index (χ1n) is 6.07. The largest absolute Gasteiger partial charge is 0.399 e. The lowest BCUT2D eigenvalue weighted by Gasteiger charge is -2.25. The van der Waals surface area contributed by atoms with Gasteiger partial charge in [-0.15, -0.1) is 0 Å². The molecule has 0 spiro atoms. The summed E-state index contributed by atoms with van der Waals surface area (Å²) < 4.78 is 26.6. The number of rotatable bonds is 1. The molecule has 0 heterocycles. The molecular formula is C15H13F2NO. The van der Waals surface area contributed by atoms with Crippen LogP contribution in [0, 0.1) is 11.6 Å². The lowest BCUT2D eigenvalue weighted by atomic mass is 9.87. The third-order valence-electron chi connectivity index (χ3n) is 3.67. The van der Waals surface area contributed by atoms with Crippen molar-refractivity contribution in [3.8, 4) is 0 Å². The van der Waals surface area contributed by atoms with Crippen LogP contribution in [-0.2, 0) is 12.0 Å². The number of nitrogens with two attached hydrogens (primary N) is 1. The third-order valence-corrected chi connectivity index (χ3v) is 3.67. The number of aliphatic hydroxyl groups is 1. The lowest BCUT2D eigenvalue weighted by Crippen LogP contribution is -2.24. The smallest absolute Gasteiger partial charge is 0.126 e. The molecule has 4 heteroatoms. The fourth-order valence-corrected chi connectivity index (χ4v) is 2.77. The summed E-state index contributed by atoms with van der Waals surface area (Å²) in [5.41, 5.74) is 6.82. The Labute approximate surface area is 109 Å². The van der Waals surface area contributed by atoms with Gasteiger partial charge in [0.25, 0.3) is 0 Å². The number of nitrogen functional groups attached to an aromatic ring is 1. The summed E-state index contributed by atoms with van der Waals surface area (Å²) in [6.07, 6.45) is 1.03. The summed E-state index contributed by atoms with van der Waals surface area (Å²) in [5, 5.41) is 10.8. The van der Waals surface area contributed by atoms with E-state index in [2.05, 4.69) is 0 Å². The zero-order valence-electron chi connectivity index (χ0n) is 10.2. The van der Waals surface area contributed by atoms with Gasteiger partial charge in [0, 0.05) is 11.8 Å². The van der Waals surface area contributed by atoms with Gasteiger partial charge in [-0.05, 0) is 53.8 Å². The van der Waals surface area contributed by atoms with Crippen LogP contribution in [0.2, 0.25) is 0 Å². The first kappa shape index (κ1) is 12.1. The van der Waals surface area contributed by atoms with E-state index in [0.717, 1.165) is 11.6 Å². The van der Waals surface area contributed by atoms with Crippen LogP contribution < -0.4 is 5.73 Å². The maximum Gasteiger partial charge on any atom is 0.126 e. The minimum atomic E-state index is -1.34. The molecule has 1 atom stereocenters. The minimum absolute atomic E-state index is 0.244. The zero-order chi connectivity index (χ0) is 13.6. The van der Waals surface area contributed by atoms with E-state index in [-0.39, 0.29) is 5.56 Å². The van der Waals surface area contributed by atoms with Crippen molar-refractivity contribution in [2.24, 2.45) is 0 Å². The van der Waals surface area contributed by atoms with Crippen molar-refractivity contribution in [3.63, 3.8) is 0 Å². The molecular weight excluding hydrogens is 248 g/mol. The molecule has 3 N–H and O–H groups in total. The summed E-state index contributed by atoms with van der Waals surface area (Å²) in [7, 11) is 0. The van der Waals surface area contributed by atoms with E-state index >= 15 is 0 Å². The summed E-state index contributed by atoms with van der Waals surface area (Å²) in [6, 6.07) is 8.35. The molecule has 2 aromatic carbocycles. The van der Waals surface area contributed by atoms with Gasteiger partial charge in [-0.3, -0.25) is 0 Å². The van der Waals surface area contributed by atoms with Crippen molar-refractivity contribution in [3.05, 3.63) is 64.7 Å². The SMILES string of the molecule is Nc1ccc2c(c1)CCC2(O)c1cc(F)cc(F)c1. The molecule has 0 fully saturated rings. The average Bonchev–Trinajstić information content (AvgIpc) is 2.66. The molecule has 0 bridgehead atoms. The lowest BCUT2D eigenvalue weighted by molar-refractivity contribution is 0.0822. The average molecular weight is 261 g/mol. The van der Waals surface area contributed by atoms with Gasteiger partial charge in [0.2, 0.25) is 0 Å². The van der Waals surface area contributed by atoms with E-state index in [1.807, 2.05) is 0 Å². The zero-order valence-corrected chi connectivity index (χ0v) is 10.2. The van der Waals surface area contributed by atoms with Gasteiger partial charge in [-0.1, -0.05) is 6.07 Å². The topological polar surface area (TPSA) is 46.2 Å². The van der Waals surface area contributed by atoms with Crippen molar-refractivity contribution < 1.29 is 13.9 Å². The van der Waals surface area contributed by atoms with Crippen LogP contribution >= 0.6 is 0 Å². The van der Waals surface area contributed by atoms with E-state index in [1.54, 1.807) is 18.2 Å². The van der Waals surface area contributed by atoms with Gasteiger partial charge in [0.1, 0.15) is 17.2 Å². The van der Waals surface area contributed by atoms with E-state index in [0.29, 0.717) is 24.1 Å². The summed E-state index contributed by atoms with van der Waals surface area (Å²) in [4.78, 5) is 0. The van der Waals surface area contributed by atoms with Crippen LogP contribution in [0.15, 0.2) is 36.4 Å². The number of hydrogen-bond donors (Lipinski definition) is 2. The van der Waals surface area contributed by atoms with E-state index in [1.165, 1.54) is 12.1 Å². The van der Waals surface area contributed by atoms with Gasteiger partial charge in [-0.2, -0.15) is 0 Å². The van der Waals surface area contributed by atoms with Crippen molar-refractivity contribution in [1.29, 1.82) is 0 Å². The molecule has 0 amide bonds. The predicted molar refractivity (Wildman–Crippen MR) is 68.5 cm³/mol. The maximum absolute atomic E-state index is 13.3. The van der Waals surface area contributed by atoms with Crippen molar-refractivity contribution in [2.45, 2.75) is 18.4 Å². The molecule has 3 rings (SSSR count). The molecule has 98 valence electrons. The van der Waals surface area contributed by atoms with Gasteiger partial charge in [-0.25, -0.2) is 8.78 Å². The van der Waals surface area contributed by atoms with Crippen LogP contribution in [0.5, 0.6) is 0 Å². The van der Waals surface area contributed by atoms with Crippen LogP contribution in [0.3, 0.4) is 0 Å². The third kappa shape index (κ3) is 1.88.